The Kier molecular flexibility index (Phi) is 8.17. The topological polar surface area (TPSA) is 120 Å². The summed E-state index contributed by atoms with van der Waals surface area (Å²) >= 11 is 1.48. The molecule has 31 heavy (non-hydrogen) atoms. The number of aliphatic imine (C=N–C) groups is 1. The van der Waals surface area contributed by atoms with Crippen molar-refractivity contribution >= 4 is 35.1 Å². The van der Waals surface area contributed by atoms with Crippen molar-refractivity contribution < 1.29 is 19.5 Å². The van der Waals surface area contributed by atoms with E-state index in [-0.39, 0.29) is 24.7 Å². The van der Waals surface area contributed by atoms with E-state index >= 15 is 0 Å². The molecule has 3 rings (SSSR count). The van der Waals surface area contributed by atoms with E-state index in [1.165, 1.54) is 11.3 Å². The van der Waals surface area contributed by atoms with E-state index < -0.39 is 12.0 Å². The fourth-order valence-corrected chi connectivity index (χ4v) is 4.23. The Labute approximate surface area is 184 Å². The molecule has 0 bridgehead atoms. The lowest BCUT2D eigenvalue weighted by Crippen LogP contribution is -2.43. The number of aliphatic carboxylic acids is 1. The molecule has 0 fully saturated rings. The maximum atomic E-state index is 12.5. The van der Waals surface area contributed by atoms with Gasteiger partial charge in [-0.25, -0.2) is 0 Å². The zero-order valence-electron chi connectivity index (χ0n) is 17.1. The van der Waals surface area contributed by atoms with Crippen molar-refractivity contribution in [3.63, 3.8) is 0 Å². The van der Waals surface area contributed by atoms with Crippen molar-refractivity contribution in [2.24, 2.45) is 4.99 Å². The van der Waals surface area contributed by atoms with Crippen LogP contribution in [0.25, 0.3) is 0 Å². The summed E-state index contributed by atoms with van der Waals surface area (Å²) in [6.45, 7) is 1.53. The van der Waals surface area contributed by atoms with Gasteiger partial charge in [-0.15, -0.1) is 11.3 Å². The van der Waals surface area contributed by atoms with Gasteiger partial charge in [-0.3, -0.25) is 24.7 Å². The first-order valence-electron chi connectivity index (χ1n) is 10.2. The highest BCUT2D eigenvalue weighted by Gasteiger charge is 2.18. The minimum absolute atomic E-state index is 0.0970. The molecule has 164 valence electrons. The Hall–Kier alpha value is -3.20. The number of nitrogens with zero attached hydrogens (tertiary/aromatic N) is 1. The maximum Gasteiger partial charge on any atom is 0.305 e. The summed E-state index contributed by atoms with van der Waals surface area (Å²) < 4.78 is 0. The number of thiophene rings is 1. The number of aryl methyl sites for hydroxylation is 1. The van der Waals surface area contributed by atoms with Gasteiger partial charge in [-0.05, 0) is 30.5 Å². The van der Waals surface area contributed by atoms with Crippen LogP contribution in [0, 0.1) is 0 Å². The van der Waals surface area contributed by atoms with Gasteiger partial charge >= 0.3 is 5.97 Å². The largest absolute Gasteiger partial charge is 0.481 e. The zero-order valence-corrected chi connectivity index (χ0v) is 17.9. The second-order valence-corrected chi connectivity index (χ2v) is 8.49. The average molecular weight is 443 g/mol. The van der Waals surface area contributed by atoms with Crippen LogP contribution in [-0.4, -0.2) is 41.9 Å². The summed E-state index contributed by atoms with van der Waals surface area (Å²) in [5.74, 6) is -0.766. The Balaban J connectivity index is 1.49. The van der Waals surface area contributed by atoms with Gasteiger partial charge in [0, 0.05) is 29.3 Å². The number of hydrogen-bond acceptors (Lipinski definition) is 6. The van der Waals surface area contributed by atoms with E-state index in [0.29, 0.717) is 18.8 Å². The SMILES string of the molecule is O=C(O)CC(NC(=O)Cc1ccc(CCC(=O)NC2=NCCCN2)s1)c1ccccc1. The van der Waals surface area contributed by atoms with Crippen molar-refractivity contribution in [2.45, 2.75) is 38.1 Å². The molecular formula is C22H26N4O4S. The van der Waals surface area contributed by atoms with Crippen molar-refractivity contribution in [3.05, 3.63) is 57.8 Å². The molecule has 4 N–H and O–H groups in total. The summed E-state index contributed by atoms with van der Waals surface area (Å²) in [5, 5.41) is 17.8. The van der Waals surface area contributed by atoms with Gasteiger partial charge in [0.05, 0.1) is 18.9 Å². The molecule has 1 aromatic heterocycles. The second-order valence-electron chi connectivity index (χ2n) is 7.23. The standard InChI is InChI=1S/C22H26N4O4S/c27-19(26-22-23-11-4-12-24-22)10-9-16-7-8-17(31-16)13-20(28)25-18(14-21(29)30)15-5-2-1-3-6-15/h1-3,5-8,18H,4,9-14H2,(H,25,28)(H,29,30)(H2,23,24,26,27). The number of carboxylic acid groups (broad SMARTS) is 1. The van der Waals surface area contributed by atoms with Gasteiger partial charge in [0.25, 0.3) is 0 Å². The highest BCUT2D eigenvalue weighted by Crippen LogP contribution is 2.20. The van der Waals surface area contributed by atoms with Crippen LogP contribution in [0.1, 0.15) is 40.6 Å². The summed E-state index contributed by atoms with van der Waals surface area (Å²) in [6.07, 6.45) is 1.87. The molecule has 0 spiro atoms. The molecule has 1 unspecified atom stereocenters. The van der Waals surface area contributed by atoms with Gasteiger partial charge in [0.1, 0.15) is 0 Å². The van der Waals surface area contributed by atoms with E-state index in [2.05, 4.69) is 20.9 Å². The summed E-state index contributed by atoms with van der Waals surface area (Å²) in [7, 11) is 0. The predicted molar refractivity (Wildman–Crippen MR) is 119 cm³/mol. The second kappa shape index (κ2) is 11.3. The fraction of sp³-hybridized carbons (Fsp3) is 0.364. The number of carbonyl (C=O) groups excluding carboxylic acids is 2. The normalized spacial score (nSPS) is 14.1. The van der Waals surface area contributed by atoms with Crippen LogP contribution in [0.2, 0.25) is 0 Å². The molecule has 0 radical (unpaired) electrons. The van der Waals surface area contributed by atoms with Gasteiger partial charge < -0.3 is 15.7 Å². The number of nitrogens with one attached hydrogen (secondary N) is 3. The molecule has 8 nitrogen and oxygen atoms in total. The molecule has 1 aliphatic rings. The Morgan fingerprint density at radius 2 is 1.87 bits per heavy atom. The quantitative estimate of drug-likeness (QED) is 0.474. The molecule has 2 amide bonds. The first-order chi connectivity index (χ1) is 15.0. The lowest BCUT2D eigenvalue weighted by Gasteiger charge is -2.17. The molecule has 1 aliphatic heterocycles. The molecule has 2 aromatic rings. The number of rotatable bonds is 9. The zero-order chi connectivity index (χ0) is 22.1. The van der Waals surface area contributed by atoms with Crippen LogP contribution in [-0.2, 0) is 27.2 Å². The molecule has 1 atom stereocenters. The lowest BCUT2D eigenvalue weighted by atomic mass is 10.0. The van der Waals surface area contributed by atoms with Gasteiger partial charge in [0.2, 0.25) is 11.8 Å². The summed E-state index contributed by atoms with van der Waals surface area (Å²) in [5.41, 5.74) is 0.758. The number of carbonyl (C=O) groups is 3. The average Bonchev–Trinajstić information content (AvgIpc) is 3.20. The molecular weight excluding hydrogens is 416 g/mol. The molecule has 9 heteroatoms. The fourth-order valence-electron chi connectivity index (χ4n) is 3.22. The Bertz CT molecular complexity index is 942. The third-order valence-corrected chi connectivity index (χ3v) is 5.87. The summed E-state index contributed by atoms with van der Waals surface area (Å²) in [6, 6.07) is 12.3. The molecule has 2 heterocycles. The number of guanidine groups is 1. The number of amides is 2. The van der Waals surface area contributed by atoms with Gasteiger partial charge in [0.15, 0.2) is 5.96 Å². The first-order valence-corrected chi connectivity index (χ1v) is 11.0. The maximum absolute atomic E-state index is 12.5. The summed E-state index contributed by atoms with van der Waals surface area (Å²) in [4.78, 5) is 41.9. The van der Waals surface area contributed by atoms with Gasteiger partial charge in [-0.1, -0.05) is 30.3 Å². The minimum atomic E-state index is -0.972. The van der Waals surface area contributed by atoms with E-state index in [4.69, 9.17) is 5.11 Å². The number of hydrogen-bond donors (Lipinski definition) is 4. The smallest absolute Gasteiger partial charge is 0.305 e. The Morgan fingerprint density at radius 3 is 2.58 bits per heavy atom. The molecule has 0 saturated carbocycles. The highest BCUT2D eigenvalue weighted by atomic mass is 32.1. The van der Waals surface area contributed by atoms with E-state index in [9.17, 15) is 14.4 Å². The first kappa shape index (κ1) is 22.5. The number of carboxylic acids is 1. The van der Waals surface area contributed by atoms with Crippen LogP contribution < -0.4 is 16.0 Å². The number of benzene rings is 1. The van der Waals surface area contributed by atoms with Gasteiger partial charge in [-0.2, -0.15) is 0 Å². The van der Waals surface area contributed by atoms with E-state index in [0.717, 1.165) is 34.8 Å². The third-order valence-electron chi connectivity index (χ3n) is 4.72. The van der Waals surface area contributed by atoms with E-state index in [1.54, 1.807) is 12.1 Å². The Morgan fingerprint density at radius 1 is 1.10 bits per heavy atom. The molecule has 1 aromatic carbocycles. The van der Waals surface area contributed by atoms with Crippen LogP contribution in [0.3, 0.4) is 0 Å². The molecule has 0 aliphatic carbocycles. The van der Waals surface area contributed by atoms with Crippen molar-refractivity contribution in [1.29, 1.82) is 0 Å². The monoisotopic (exact) mass is 442 g/mol. The van der Waals surface area contributed by atoms with Crippen molar-refractivity contribution in [3.8, 4) is 0 Å². The molecule has 0 saturated heterocycles. The van der Waals surface area contributed by atoms with Crippen LogP contribution in [0.5, 0.6) is 0 Å². The van der Waals surface area contributed by atoms with Crippen molar-refractivity contribution in [2.75, 3.05) is 13.1 Å². The third kappa shape index (κ3) is 7.53. The van der Waals surface area contributed by atoms with Crippen molar-refractivity contribution in [1.82, 2.24) is 16.0 Å². The van der Waals surface area contributed by atoms with Crippen LogP contribution in [0.4, 0.5) is 0 Å². The predicted octanol–water partition coefficient (Wildman–Crippen LogP) is 2.02. The van der Waals surface area contributed by atoms with Crippen LogP contribution in [0.15, 0.2) is 47.5 Å². The van der Waals surface area contributed by atoms with Crippen LogP contribution >= 0.6 is 11.3 Å². The van der Waals surface area contributed by atoms with E-state index in [1.807, 2.05) is 30.3 Å². The highest BCUT2D eigenvalue weighted by molar-refractivity contribution is 7.12. The minimum Gasteiger partial charge on any atom is -0.481 e. The lowest BCUT2D eigenvalue weighted by molar-refractivity contribution is -0.137.